The van der Waals surface area contributed by atoms with Gasteiger partial charge in [-0.25, -0.2) is 14.8 Å². The van der Waals surface area contributed by atoms with Gasteiger partial charge in [-0.3, -0.25) is 0 Å². The second-order valence-electron chi connectivity index (χ2n) is 7.51. The van der Waals surface area contributed by atoms with Crippen LogP contribution in [0.1, 0.15) is 0 Å². The van der Waals surface area contributed by atoms with E-state index >= 15 is 0 Å². The molecule has 27 heavy (non-hydrogen) atoms. The molecule has 3 rings (SSSR count). The van der Waals surface area contributed by atoms with Gasteiger partial charge in [0, 0.05) is 43.5 Å². The molecule has 0 saturated carbocycles. The third-order valence-electron chi connectivity index (χ3n) is 4.19. The Bertz CT molecular complexity index is 1020. The molecule has 8 heteroatoms. The molecule has 0 fully saturated rings. The zero-order valence-corrected chi connectivity index (χ0v) is 19.4. The molecule has 0 bridgehead atoms. The average molecular weight is 511 g/mol. The molecular formula is C19H20ClIN4OSi. The van der Waals surface area contributed by atoms with Gasteiger partial charge in [0.1, 0.15) is 6.73 Å². The maximum absolute atomic E-state index is 7.31. The van der Waals surface area contributed by atoms with E-state index in [4.69, 9.17) is 22.9 Å². The van der Waals surface area contributed by atoms with E-state index in [-0.39, 0.29) is 5.28 Å². The van der Waals surface area contributed by atoms with Gasteiger partial charge >= 0.3 is 0 Å². The lowest BCUT2D eigenvalue weighted by Gasteiger charge is -2.15. The van der Waals surface area contributed by atoms with Gasteiger partial charge in [-0.15, -0.1) is 0 Å². The number of rotatable bonds is 6. The third kappa shape index (κ3) is 4.88. The Balaban J connectivity index is 2.00. The van der Waals surface area contributed by atoms with Crippen molar-refractivity contribution < 1.29 is 4.74 Å². The summed E-state index contributed by atoms with van der Waals surface area (Å²) in [4.78, 5) is 12.0. The fourth-order valence-electron chi connectivity index (χ4n) is 2.72. The van der Waals surface area contributed by atoms with Crippen LogP contribution in [0.15, 0.2) is 30.6 Å². The quantitative estimate of drug-likeness (QED) is 0.130. The van der Waals surface area contributed by atoms with Crippen LogP contribution in [0.2, 0.25) is 31.0 Å². The van der Waals surface area contributed by atoms with Gasteiger partial charge in [0.05, 0.1) is 15.8 Å². The summed E-state index contributed by atoms with van der Waals surface area (Å²) < 4.78 is 8.90. The number of benzene rings is 1. The van der Waals surface area contributed by atoms with Crippen molar-refractivity contribution in [1.29, 1.82) is 0 Å². The Morgan fingerprint density at radius 1 is 1.33 bits per heavy atom. The summed E-state index contributed by atoms with van der Waals surface area (Å²) in [6.45, 7) is 15.5. The van der Waals surface area contributed by atoms with Crippen LogP contribution >= 0.6 is 34.2 Å². The second-order valence-corrected chi connectivity index (χ2v) is 14.6. The highest BCUT2D eigenvalue weighted by molar-refractivity contribution is 14.1. The maximum atomic E-state index is 7.31. The molecule has 5 nitrogen and oxygen atoms in total. The Labute approximate surface area is 178 Å². The fraction of sp³-hybridized carbons (Fsp3) is 0.316. The van der Waals surface area contributed by atoms with Crippen LogP contribution < -0.4 is 0 Å². The van der Waals surface area contributed by atoms with Crippen LogP contribution in [0.25, 0.3) is 27.0 Å². The third-order valence-corrected chi connectivity index (χ3v) is 6.87. The molecular weight excluding hydrogens is 491 g/mol. The van der Waals surface area contributed by atoms with Crippen molar-refractivity contribution in [2.24, 2.45) is 0 Å². The predicted molar refractivity (Wildman–Crippen MR) is 121 cm³/mol. The van der Waals surface area contributed by atoms with E-state index in [0.29, 0.717) is 12.4 Å². The van der Waals surface area contributed by atoms with Crippen LogP contribution in [-0.4, -0.2) is 29.2 Å². The molecule has 0 atom stereocenters. The van der Waals surface area contributed by atoms with Gasteiger partial charge in [0.2, 0.25) is 5.28 Å². The summed E-state index contributed by atoms with van der Waals surface area (Å²) >= 11 is 8.24. The first-order valence-corrected chi connectivity index (χ1v) is 13.7. The van der Waals surface area contributed by atoms with E-state index in [2.05, 4.69) is 57.0 Å². The summed E-state index contributed by atoms with van der Waals surface area (Å²) in [6, 6.07) is 6.79. The Morgan fingerprint density at radius 3 is 2.81 bits per heavy atom. The minimum atomic E-state index is -1.13. The number of hydrogen-bond acceptors (Lipinski definition) is 3. The van der Waals surface area contributed by atoms with Gasteiger partial charge in [-0.1, -0.05) is 31.8 Å². The highest BCUT2D eigenvalue weighted by Crippen LogP contribution is 2.34. The highest BCUT2D eigenvalue weighted by atomic mass is 127. The number of halogens is 2. The number of hydrogen-bond donors (Lipinski definition) is 0. The van der Waals surface area contributed by atoms with Crippen LogP contribution in [0.3, 0.4) is 0 Å². The van der Waals surface area contributed by atoms with Gasteiger partial charge in [0.15, 0.2) is 5.69 Å². The lowest BCUT2D eigenvalue weighted by atomic mass is 10.1. The lowest BCUT2D eigenvalue weighted by molar-refractivity contribution is 0.0903. The number of aromatic nitrogens is 3. The summed E-state index contributed by atoms with van der Waals surface area (Å²) in [6.07, 6.45) is 3.74. The van der Waals surface area contributed by atoms with Crippen molar-refractivity contribution in [3.05, 3.63) is 50.9 Å². The Morgan fingerprint density at radius 2 is 2.11 bits per heavy atom. The van der Waals surface area contributed by atoms with E-state index in [0.717, 1.165) is 38.4 Å². The number of nitrogens with zero attached hydrogens (tertiary/aromatic N) is 4. The van der Waals surface area contributed by atoms with Crippen LogP contribution in [0.4, 0.5) is 5.69 Å². The first-order valence-electron chi connectivity index (χ1n) is 8.55. The molecule has 2 heterocycles. The SMILES string of the molecule is [C-]#[N+]c1ccc2c(-c3nc(Cl)ncc3I)cn(COCC[Si](C)(C)C)c2c1. The summed E-state index contributed by atoms with van der Waals surface area (Å²) in [5.74, 6) is 0. The highest BCUT2D eigenvalue weighted by Gasteiger charge is 2.16. The minimum Gasteiger partial charge on any atom is -0.361 e. The molecule has 0 unspecified atom stereocenters. The molecule has 2 aromatic heterocycles. The average Bonchev–Trinajstić information content (AvgIpc) is 2.97. The zero-order valence-electron chi connectivity index (χ0n) is 15.5. The predicted octanol–water partition coefficient (Wildman–Crippen LogP) is 6.22. The molecule has 1 aromatic carbocycles. The van der Waals surface area contributed by atoms with E-state index in [1.807, 2.05) is 29.0 Å². The monoisotopic (exact) mass is 510 g/mol. The smallest absolute Gasteiger partial charge is 0.222 e. The minimum absolute atomic E-state index is 0.218. The van der Waals surface area contributed by atoms with Crippen molar-refractivity contribution in [2.75, 3.05) is 6.61 Å². The van der Waals surface area contributed by atoms with Crippen LogP contribution in [0, 0.1) is 10.1 Å². The molecule has 3 aromatic rings. The second kappa shape index (κ2) is 8.27. The van der Waals surface area contributed by atoms with E-state index in [1.165, 1.54) is 0 Å². The largest absolute Gasteiger partial charge is 0.361 e. The van der Waals surface area contributed by atoms with Gasteiger partial charge in [-0.2, -0.15) is 0 Å². The Kier molecular flexibility index (Phi) is 6.20. The van der Waals surface area contributed by atoms with Gasteiger partial charge in [-0.05, 0) is 46.3 Å². The molecule has 0 N–H and O–H groups in total. The molecule has 0 aliphatic rings. The molecule has 0 saturated heterocycles. The molecule has 0 spiro atoms. The van der Waals surface area contributed by atoms with Crippen molar-refractivity contribution in [3.63, 3.8) is 0 Å². The number of fused-ring (bicyclic) bond motifs is 1. The van der Waals surface area contributed by atoms with Crippen molar-refractivity contribution in [2.45, 2.75) is 32.4 Å². The fourth-order valence-corrected chi connectivity index (χ4v) is 4.16. The zero-order chi connectivity index (χ0) is 19.6. The first-order chi connectivity index (χ1) is 12.8. The summed E-state index contributed by atoms with van der Waals surface area (Å²) in [5, 5.41) is 1.24. The van der Waals surface area contributed by atoms with E-state index in [1.54, 1.807) is 6.20 Å². The van der Waals surface area contributed by atoms with Gasteiger partial charge < -0.3 is 9.30 Å². The van der Waals surface area contributed by atoms with Crippen LogP contribution in [-0.2, 0) is 11.5 Å². The lowest BCUT2D eigenvalue weighted by Crippen LogP contribution is -2.21. The molecule has 0 radical (unpaired) electrons. The number of ether oxygens (including phenoxy) is 1. The summed E-state index contributed by atoms with van der Waals surface area (Å²) in [5.41, 5.74) is 3.31. The van der Waals surface area contributed by atoms with Crippen molar-refractivity contribution in [3.8, 4) is 11.3 Å². The van der Waals surface area contributed by atoms with Crippen LogP contribution in [0.5, 0.6) is 0 Å². The van der Waals surface area contributed by atoms with E-state index in [9.17, 15) is 0 Å². The Hall–Kier alpha value is -1.47. The topological polar surface area (TPSA) is 44.3 Å². The maximum Gasteiger partial charge on any atom is 0.222 e. The first kappa shape index (κ1) is 20.3. The van der Waals surface area contributed by atoms with Crippen molar-refractivity contribution >= 4 is 58.9 Å². The van der Waals surface area contributed by atoms with E-state index < -0.39 is 8.07 Å². The standard InChI is InChI=1S/C19H20ClIN4OSi/c1-22-13-5-6-14-15(18-16(21)10-23-19(20)24-18)11-25(17(14)9-13)12-26-7-8-27(2,3)4/h5-6,9-11H,7-8,12H2,2-4H3. The normalized spacial score (nSPS) is 11.7. The molecule has 0 aliphatic heterocycles. The summed E-state index contributed by atoms with van der Waals surface area (Å²) in [7, 11) is -1.13. The van der Waals surface area contributed by atoms with Crippen molar-refractivity contribution in [1.82, 2.24) is 14.5 Å². The molecule has 0 aliphatic carbocycles. The molecule has 140 valence electrons. The molecule has 0 amide bonds. The van der Waals surface area contributed by atoms with Gasteiger partial charge in [0.25, 0.3) is 0 Å².